The zero-order valence-electron chi connectivity index (χ0n) is 54.1. The zero-order chi connectivity index (χ0) is 57.8. The smallest absolute Gasteiger partial charge is 0.305 e. The van der Waals surface area contributed by atoms with Gasteiger partial charge in [-0.25, -0.2) is 0 Å². The Kier molecular flexibility index (Phi) is 67.9. The van der Waals surface area contributed by atoms with Gasteiger partial charge in [0.1, 0.15) is 0 Å². The fourth-order valence-corrected chi connectivity index (χ4v) is 11.4. The van der Waals surface area contributed by atoms with Crippen LogP contribution in [0.1, 0.15) is 399 Å². The maximum absolute atomic E-state index is 12.5. The first-order chi connectivity index (χ1) is 39.5. The number of ether oxygens (including phenoxy) is 1. The quantitative estimate of drug-likeness (QED) is 0.0320. The molecule has 0 rings (SSSR count). The molecule has 80 heavy (non-hydrogen) atoms. The molecule has 0 radical (unpaired) electrons. The second-order valence-corrected chi connectivity index (χ2v) is 24.9. The van der Waals surface area contributed by atoms with E-state index in [1.165, 1.54) is 321 Å². The number of nitrogens with one attached hydrogen (secondary N) is 1. The first-order valence-corrected chi connectivity index (χ1v) is 36.3. The summed E-state index contributed by atoms with van der Waals surface area (Å²) < 4.78 is 5.50. The van der Waals surface area contributed by atoms with Gasteiger partial charge in [0.25, 0.3) is 0 Å². The van der Waals surface area contributed by atoms with Crippen LogP contribution in [0, 0.1) is 0 Å². The Hall–Kier alpha value is -1.92. The van der Waals surface area contributed by atoms with Crippen molar-refractivity contribution >= 4 is 11.9 Å². The molecule has 472 valence electrons. The molecule has 2 atom stereocenters. The highest BCUT2D eigenvalue weighted by Crippen LogP contribution is 2.19. The van der Waals surface area contributed by atoms with E-state index in [9.17, 15) is 19.8 Å². The van der Waals surface area contributed by atoms with Crippen molar-refractivity contribution in [1.29, 1.82) is 0 Å². The van der Waals surface area contributed by atoms with E-state index in [1.54, 1.807) is 6.08 Å². The Morgan fingerprint density at radius 2 is 0.625 bits per heavy atom. The molecule has 0 aromatic heterocycles. The van der Waals surface area contributed by atoms with E-state index in [0.717, 1.165) is 51.4 Å². The third kappa shape index (κ3) is 65.2. The van der Waals surface area contributed by atoms with Gasteiger partial charge in [-0.15, -0.1) is 0 Å². The molecule has 0 saturated carbocycles. The van der Waals surface area contributed by atoms with Crippen molar-refractivity contribution < 1.29 is 24.5 Å². The average molecular weight is 1120 g/mol. The lowest BCUT2D eigenvalue weighted by atomic mass is 10.0. The third-order valence-corrected chi connectivity index (χ3v) is 16.9. The van der Waals surface area contributed by atoms with Crippen molar-refractivity contribution in [2.75, 3.05) is 13.2 Å². The highest BCUT2D eigenvalue weighted by Gasteiger charge is 2.18. The molecule has 1 amide bonds. The van der Waals surface area contributed by atoms with E-state index in [2.05, 4.69) is 43.5 Å². The summed E-state index contributed by atoms with van der Waals surface area (Å²) in [7, 11) is 0. The first kappa shape index (κ1) is 78.1. The van der Waals surface area contributed by atoms with Crippen molar-refractivity contribution in [3.63, 3.8) is 0 Å². The molecular formula is C74H141NO5. The Morgan fingerprint density at radius 1 is 0.350 bits per heavy atom. The van der Waals surface area contributed by atoms with E-state index >= 15 is 0 Å². The van der Waals surface area contributed by atoms with E-state index in [-0.39, 0.29) is 18.5 Å². The number of amides is 1. The van der Waals surface area contributed by atoms with Gasteiger partial charge >= 0.3 is 5.97 Å². The van der Waals surface area contributed by atoms with Crippen LogP contribution in [0.3, 0.4) is 0 Å². The predicted octanol–water partition coefficient (Wildman–Crippen LogP) is 23.5. The summed E-state index contributed by atoms with van der Waals surface area (Å²) in [5, 5.41) is 23.2. The molecule has 2 unspecified atom stereocenters. The number of carbonyl (C=O) groups is 2. The molecule has 0 saturated heterocycles. The van der Waals surface area contributed by atoms with Crippen LogP contribution in [0.2, 0.25) is 0 Å². The number of aliphatic hydroxyl groups is 2. The topological polar surface area (TPSA) is 95.9 Å². The van der Waals surface area contributed by atoms with Gasteiger partial charge in [-0.05, 0) is 64.2 Å². The summed E-state index contributed by atoms with van der Waals surface area (Å²) in [5.41, 5.74) is 0. The van der Waals surface area contributed by atoms with E-state index in [1.807, 2.05) is 6.08 Å². The molecule has 0 bridgehead atoms. The van der Waals surface area contributed by atoms with Gasteiger partial charge in [0.05, 0.1) is 25.4 Å². The van der Waals surface area contributed by atoms with Crippen molar-refractivity contribution in [3.05, 3.63) is 36.5 Å². The molecule has 0 aromatic rings. The fourth-order valence-electron chi connectivity index (χ4n) is 11.4. The fraction of sp³-hybridized carbons (Fsp3) is 0.892. The van der Waals surface area contributed by atoms with E-state index in [0.29, 0.717) is 19.4 Å². The highest BCUT2D eigenvalue weighted by atomic mass is 16.5. The third-order valence-electron chi connectivity index (χ3n) is 16.9. The Balaban J connectivity index is 3.37. The molecular weight excluding hydrogens is 983 g/mol. The van der Waals surface area contributed by atoms with Crippen molar-refractivity contribution in [1.82, 2.24) is 5.32 Å². The lowest BCUT2D eigenvalue weighted by molar-refractivity contribution is -0.143. The predicted molar refractivity (Wildman–Crippen MR) is 352 cm³/mol. The number of esters is 1. The second-order valence-electron chi connectivity index (χ2n) is 24.9. The second kappa shape index (κ2) is 69.6. The summed E-state index contributed by atoms with van der Waals surface area (Å²) in [6.07, 6.45) is 89.4. The molecule has 6 heteroatoms. The first-order valence-electron chi connectivity index (χ1n) is 36.3. The number of hydrogen-bond donors (Lipinski definition) is 3. The number of rotatable bonds is 68. The van der Waals surface area contributed by atoms with Gasteiger partial charge in [0, 0.05) is 12.8 Å². The van der Waals surface area contributed by atoms with Crippen LogP contribution >= 0.6 is 0 Å². The molecule has 0 spiro atoms. The standard InChI is InChI=1S/C74H141NO5/c1-3-5-7-9-11-13-15-17-19-21-34-38-42-46-50-54-58-62-66-72(77)71(70-76)75-73(78)67-63-59-55-51-47-43-39-35-32-30-28-26-24-23-25-27-29-31-33-37-41-45-49-53-57-61-65-69-80-74(79)68-64-60-56-52-48-44-40-36-22-20-18-16-14-12-10-8-6-4-2/h14,16,20,22,62,66,71-72,76-77H,3-13,15,17-19,21,23-61,63-65,67-70H2,1-2H3,(H,75,78)/b16-14-,22-20-,66-62+. The summed E-state index contributed by atoms with van der Waals surface area (Å²) in [5.74, 6) is -0.0512. The Labute approximate surface area is 500 Å². The minimum Gasteiger partial charge on any atom is -0.466 e. The Bertz CT molecular complexity index is 1300. The average Bonchev–Trinajstić information content (AvgIpc) is 3.46. The summed E-state index contributed by atoms with van der Waals surface area (Å²) >= 11 is 0. The van der Waals surface area contributed by atoms with E-state index < -0.39 is 12.1 Å². The van der Waals surface area contributed by atoms with Gasteiger partial charge in [-0.1, -0.05) is 359 Å². The molecule has 0 aliphatic carbocycles. The van der Waals surface area contributed by atoms with Gasteiger partial charge in [0.15, 0.2) is 0 Å². The van der Waals surface area contributed by atoms with Crippen LogP contribution in [0.15, 0.2) is 36.5 Å². The van der Waals surface area contributed by atoms with Gasteiger partial charge in [0.2, 0.25) is 5.91 Å². The van der Waals surface area contributed by atoms with Crippen molar-refractivity contribution in [2.24, 2.45) is 0 Å². The summed E-state index contributed by atoms with van der Waals surface area (Å²) in [6, 6.07) is -0.626. The molecule has 0 heterocycles. The van der Waals surface area contributed by atoms with E-state index in [4.69, 9.17) is 4.74 Å². The zero-order valence-corrected chi connectivity index (χ0v) is 54.1. The number of allylic oxidation sites excluding steroid dienone is 5. The van der Waals surface area contributed by atoms with Crippen molar-refractivity contribution in [3.8, 4) is 0 Å². The molecule has 0 aliphatic heterocycles. The van der Waals surface area contributed by atoms with Gasteiger partial charge in [-0.2, -0.15) is 0 Å². The maximum Gasteiger partial charge on any atom is 0.305 e. The number of aliphatic hydroxyl groups excluding tert-OH is 2. The van der Waals surface area contributed by atoms with Crippen LogP contribution in [-0.4, -0.2) is 47.4 Å². The van der Waals surface area contributed by atoms with Crippen LogP contribution in [-0.2, 0) is 14.3 Å². The molecule has 3 N–H and O–H groups in total. The minimum atomic E-state index is -0.843. The molecule has 0 aliphatic rings. The summed E-state index contributed by atoms with van der Waals surface area (Å²) in [4.78, 5) is 24.6. The molecule has 0 aromatic carbocycles. The maximum atomic E-state index is 12.5. The van der Waals surface area contributed by atoms with Crippen LogP contribution in [0.4, 0.5) is 0 Å². The molecule has 6 nitrogen and oxygen atoms in total. The number of unbranched alkanes of at least 4 members (excludes halogenated alkanes) is 53. The monoisotopic (exact) mass is 1120 g/mol. The lowest BCUT2D eigenvalue weighted by Gasteiger charge is -2.20. The number of hydrogen-bond acceptors (Lipinski definition) is 5. The summed E-state index contributed by atoms with van der Waals surface area (Å²) in [6.45, 7) is 4.92. The highest BCUT2D eigenvalue weighted by molar-refractivity contribution is 5.76. The number of carbonyl (C=O) groups excluding carboxylic acids is 2. The lowest BCUT2D eigenvalue weighted by Crippen LogP contribution is -2.45. The Morgan fingerprint density at radius 3 is 0.963 bits per heavy atom. The van der Waals surface area contributed by atoms with Crippen LogP contribution in [0.5, 0.6) is 0 Å². The van der Waals surface area contributed by atoms with Gasteiger partial charge in [-0.3, -0.25) is 9.59 Å². The van der Waals surface area contributed by atoms with Gasteiger partial charge < -0.3 is 20.3 Å². The largest absolute Gasteiger partial charge is 0.466 e. The SMILES string of the molecule is CCCCCC/C=C\C/C=C\CCCCCCCCCC(=O)OCCCCCCCCCCCCCCCCCCCCCCCCCCCCCC(=O)NC(CO)C(O)/C=C/CCCCCCCCCCCCCCCCCC. The van der Waals surface area contributed by atoms with Crippen LogP contribution in [0.25, 0.3) is 0 Å². The van der Waals surface area contributed by atoms with Crippen LogP contribution < -0.4 is 5.32 Å². The normalized spacial score (nSPS) is 12.7. The molecule has 0 fully saturated rings. The minimum absolute atomic E-state index is 0.0109. The van der Waals surface area contributed by atoms with Crippen molar-refractivity contribution in [2.45, 2.75) is 411 Å².